The second kappa shape index (κ2) is 7.24. The summed E-state index contributed by atoms with van der Waals surface area (Å²) in [6, 6.07) is 0.266. The van der Waals surface area contributed by atoms with E-state index in [4.69, 9.17) is 10.5 Å². The van der Waals surface area contributed by atoms with E-state index in [1.54, 1.807) is 0 Å². The Kier molecular flexibility index (Phi) is 6.20. The van der Waals surface area contributed by atoms with Crippen molar-refractivity contribution in [3.05, 3.63) is 0 Å². The Morgan fingerprint density at radius 3 is 2.71 bits per heavy atom. The third-order valence-corrected chi connectivity index (χ3v) is 3.10. The maximum absolute atomic E-state index is 5.97. The highest BCUT2D eigenvalue weighted by Crippen LogP contribution is 2.28. The van der Waals surface area contributed by atoms with Gasteiger partial charge in [-0.25, -0.2) is 0 Å². The Labute approximate surface area is 88.2 Å². The molecule has 0 saturated heterocycles. The van der Waals surface area contributed by atoms with Gasteiger partial charge in [-0.1, -0.05) is 32.6 Å². The molecule has 0 aliphatic heterocycles. The van der Waals surface area contributed by atoms with Crippen molar-refractivity contribution in [3.8, 4) is 0 Å². The molecule has 0 bridgehead atoms. The lowest BCUT2D eigenvalue weighted by molar-refractivity contribution is 0.117. The van der Waals surface area contributed by atoms with Crippen molar-refractivity contribution in [2.75, 3.05) is 13.2 Å². The quantitative estimate of drug-likeness (QED) is 0.640. The van der Waals surface area contributed by atoms with E-state index in [1.165, 1.54) is 32.1 Å². The zero-order chi connectivity index (χ0) is 10.2. The fourth-order valence-electron chi connectivity index (χ4n) is 2.21. The minimum atomic E-state index is 0.266. The van der Waals surface area contributed by atoms with Crippen LogP contribution in [0.5, 0.6) is 0 Å². The molecule has 1 atom stereocenters. The third kappa shape index (κ3) is 4.97. The zero-order valence-electron chi connectivity index (χ0n) is 9.50. The minimum absolute atomic E-state index is 0.266. The van der Waals surface area contributed by atoms with Crippen molar-refractivity contribution in [3.63, 3.8) is 0 Å². The Morgan fingerprint density at radius 2 is 2.07 bits per heavy atom. The van der Waals surface area contributed by atoms with Crippen LogP contribution >= 0.6 is 0 Å². The summed E-state index contributed by atoms with van der Waals surface area (Å²) >= 11 is 0. The predicted octanol–water partition coefficient (Wildman–Crippen LogP) is 2.71. The van der Waals surface area contributed by atoms with Crippen LogP contribution in [0.3, 0.4) is 0 Å². The van der Waals surface area contributed by atoms with Crippen LogP contribution in [0.25, 0.3) is 0 Å². The molecule has 0 heterocycles. The van der Waals surface area contributed by atoms with Gasteiger partial charge in [0.2, 0.25) is 0 Å². The van der Waals surface area contributed by atoms with Crippen molar-refractivity contribution in [1.82, 2.24) is 0 Å². The van der Waals surface area contributed by atoms with Crippen LogP contribution in [-0.4, -0.2) is 19.3 Å². The van der Waals surface area contributed by atoms with E-state index < -0.39 is 0 Å². The summed E-state index contributed by atoms with van der Waals surface area (Å²) in [5, 5.41) is 0. The smallest absolute Gasteiger partial charge is 0.0617 e. The third-order valence-electron chi connectivity index (χ3n) is 3.10. The van der Waals surface area contributed by atoms with Crippen LogP contribution in [0.4, 0.5) is 0 Å². The molecule has 1 fully saturated rings. The van der Waals surface area contributed by atoms with Gasteiger partial charge in [0.1, 0.15) is 0 Å². The van der Waals surface area contributed by atoms with Crippen LogP contribution in [0, 0.1) is 5.92 Å². The van der Waals surface area contributed by atoms with E-state index in [1.807, 2.05) is 0 Å². The first-order valence-corrected chi connectivity index (χ1v) is 6.16. The Morgan fingerprint density at radius 1 is 1.36 bits per heavy atom. The number of rotatable bonds is 7. The van der Waals surface area contributed by atoms with Crippen molar-refractivity contribution in [2.24, 2.45) is 11.7 Å². The molecular weight excluding hydrogens is 174 g/mol. The van der Waals surface area contributed by atoms with E-state index in [0.717, 1.165) is 32.0 Å². The minimum Gasteiger partial charge on any atom is -0.380 e. The molecule has 84 valence electrons. The van der Waals surface area contributed by atoms with Crippen LogP contribution in [0.15, 0.2) is 0 Å². The summed E-state index contributed by atoms with van der Waals surface area (Å²) < 4.78 is 5.43. The molecular formula is C12H25NO. The molecule has 0 radical (unpaired) electrons. The van der Waals surface area contributed by atoms with Gasteiger partial charge in [0.15, 0.2) is 0 Å². The number of hydrogen-bond donors (Lipinski definition) is 1. The van der Waals surface area contributed by atoms with Gasteiger partial charge in [-0.05, 0) is 25.2 Å². The van der Waals surface area contributed by atoms with Gasteiger partial charge in [-0.2, -0.15) is 0 Å². The van der Waals surface area contributed by atoms with E-state index in [-0.39, 0.29) is 6.04 Å². The zero-order valence-corrected chi connectivity index (χ0v) is 9.50. The molecule has 1 aliphatic rings. The Balaban J connectivity index is 1.93. The first-order valence-electron chi connectivity index (χ1n) is 6.16. The molecule has 2 N–H and O–H groups in total. The van der Waals surface area contributed by atoms with Crippen molar-refractivity contribution < 1.29 is 4.74 Å². The second-order valence-electron chi connectivity index (χ2n) is 4.56. The summed E-state index contributed by atoms with van der Waals surface area (Å²) in [5.74, 6) is 0.965. The normalized spacial score (nSPS) is 20.1. The van der Waals surface area contributed by atoms with Gasteiger partial charge in [-0.15, -0.1) is 0 Å². The second-order valence-corrected chi connectivity index (χ2v) is 4.56. The van der Waals surface area contributed by atoms with Gasteiger partial charge < -0.3 is 10.5 Å². The first kappa shape index (κ1) is 12.0. The average Bonchev–Trinajstić information content (AvgIpc) is 2.68. The monoisotopic (exact) mass is 199 g/mol. The highest BCUT2D eigenvalue weighted by molar-refractivity contribution is 4.70. The average molecular weight is 199 g/mol. The molecule has 0 aromatic rings. The van der Waals surface area contributed by atoms with Gasteiger partial charge >= 0.3 is 0 Å². The lowest BCUT2D eigenvalue weighted by Crippen LogP contribution is -2.26. The highest BCUT2D eigenvalue weighted by atomic mass is 16.5. The van der Waals surface area contributed by atoms with Gasteiger partial charge in [0, 0.05) is 12.6 Å². The summed E-state index contributed by atoms with van der Waals surface area (Å²) in [6.07, 6.45) is 9.30. The van der Waals surface area contributed by atoms with E-state index in [2.05, 4.69) is 6.92 Å². The summed E-state index contributed by atoms with van der Waals surface area (Å²) in [7, 11) is 0. The molecule has 1 aliphatic carbocycles. The maximum atomic E-state index is 5.97. The first-order chi connectivity index (χ1) is 6.83. The largest absolute Gasteiger partial charge is 0.380 e. The number of nitrogens with two attached hydrogens (primary N) is 1. The van der Waals surface area contributed by atoms with E-state index in [9.17, 15) is 0 Å². The molecule has 0 amide bonds. The number of hydrogen-bond acceptors (Lipinski definition) is 2. The van der Waals surface area contributed by atoms with Gasteiger partial charge in [0.25, 0.3) is 0 Å². The molecule has 0 spiro atoms. The van der Waals surface area contributed by atoms with Crippen LogP contribution in [0.2, 0.25) is 0 Å². The maximum Gasteiger partial charge on any atom is 0.0617 e. The van der Waals surface area contributed by atoms with Crippen LogP contribution < -0.4 is 5.73 Å². The summed E-state index contributed by atoms with van der Waals surface area (Å²) in [5.41, 5.74) is 5.97. The van der Waals surface area contributed by atoms with Crippen molar-refractivity contribution in [1.29, 1.82) is 0 Å². The molecule has 14 heavy (non-hydrogen) atoms. The van der Waals surface area contributed by atoms with Gasteiger partial charge in [-0.3, -0.25) is 0 Å². The molecule has 2 nitrogen and oxygen atoms in total. The summed E-state index contributed by atoms with van der Waals surface area (Å²) in [6.45, 7) is 3.74. The number of ether oxygens (including phenoxy) is 1. The SMILES string of the molecule is CCCOCC(N)CCC1CCCC1. The van der Waals surface area contributed by atoms with E-state index >= 15 is 0 Å². The highest BCUT2D eigenvalue weighted by Gasteiger charge is 2.15. The molecule has 1 unspecified atom stereocenters. The molecule has 2 heteroatoms. The fraction of sp³-hybridized carbons (Fsp3) is 1.00. The molecule has 1 saturated carbocycles. The topological polar surface area (TPSA) is 35.2 Å². The van der Waals surface area contributed by atoms with E-state index in [0.29, 0.717) is 0 Å². The Hall–Kier alpha value is -0.0800. The standard InChI is InChI=1S/C12H25NO/c1-2-9-14-10-12(13)8-7-11-5-3-4-6-11/h11-12H,2-10,13H2,1H3. The van der Waals surface area contributed by atoms with Gasteiger partial charge in [0.05, 0.1) is 6.61 Å². The molecule has 0 aromatic carbocycles. The lowest BCUT2D eigenvalue weighted by atomic mass is 9.99. The fourth-order valence-corrected chi connectivity index (χ4v) is 2.21. The predicted molar refractivity (Wildman–Crippen MR) is 60.3 cm³/mol. The van der Waals surface area contributed by atoms with Crippen molar-refractivity contribution >= 4 is 0 Å². The molecule has 1 rings (SSSR count). The van der Waals surface area contributed by atoms with Crippen LogP contribution in [-0.2, 0) is 4.74 Å². The molecule has 0 aromatic heterocycles. The van der Waals surface area contributed by atoms with Crippen molar-refractivity contribution in [2.45, 2.75) is 57.9 Å². The summed E-state index contributed by atoms with van der Waals surface area (Å²) in [4.78, 5) is 0. The Bertz CT molecular complexity index is 132. The lowest BCUT2D eigenvalue weighted by Gasteiger charge is -2.14. The van der Waals surface area contributed by atoms with Crippen LogP contribution in [0.1, 0.15) is 51.9 Å².